The fourth-order valence-corrected chi connectivity index (χ4v) is 3.11. The molecule has 5 nitrogen and oxygen atoms in total. The van der Waals surface area contributed by atoms with Crippen molar-refractivity contribution in [2.24, 2.45) is 0 Å². The van der Waals surface area contributed by atoms with E-state index in [2.05, 4.69) is 5.32 Å². The highest BCUT2D eigenvalue weighted by Crippen LogP contribution is 2.38. The second kappa shape index (κ2) is 5.30. The third-order valence-electron chi connectivity index (χ3n) is 3.07. The fraction of sp³-hybridized carbons (Fsp3) is 0.286. The van der Waals surface area contributed by atoms with E-state index in [-0.39, 0.29) is 4.90 Å². The van der Waals surface area contributed by atoms with E-state index in [1.165, 1.54) is 6.07 Å². The zero-order chi connectivity index (χ0) is 14.9. The van der Waals surface area contributed by atoms with Gasteiger partial charge < -0.3 is 10.2 Å². The maximum Gasteiger partial charge on any atom is 0.296 e. The number of fused-ring (bicyclic) bond motifs is 1. The summed E-state index contributed by atoms with van der Waals surface area (Å²) in [5.41, 5.74) is 1.18. The predicted octanol–water partition coefficient (Wildman–Crippen LogP) is 2.58. The Morgan fingerprint density at radius 3 is 2.45 bits per heavy atom. The molecule has 0 bridgehead atoms. The summed E-state index contributed by atoms with van der Waals surface area (Å²) in [5.74, 6) is 0. The van der Waals surface area contributed by atoms with Gasteiger partial charge in [0.2, 0.25) is 0 Å². The lowest BCUT2D eigenvalue weighted by Gasteiger charge is -2.22. The Kier molecular flexibility index (Phi) is 3.87. The van der Waals surface area contributed by atoms with Crippen molar-refractivity contribution in [2.75, 3.05) is 30.9 Å². The molecule has 2 aromatic carbocycles. The normalized spacial score (nSPS) is 11.6. The summed E-state index contributed by atoms with van der Waals surface area (Å²) in [5, 5.41) is 4.88. The van der Waals surface area contributed by atoms with Crippen LogP contribution >= 0.6 is 0 Å². The Labute approximate surface area is 119 Å². The van der Waals surface area contributed by atoms with E-state index in [0.29, 0.717) is 17.9 Å². The zero-order valence-corrected chi connectivity index (χ0v) is 12.5. The first-order valence-corrected chi connectivity index (χ1v) is 7.74. The number of rotatable bonds is 4. The van der Waals surface area contributed by atoms with Gasteiger partial charge in [0.15, 0.2) is 0 Å². The van der Waals surface area contributed by atoms with Crippen LogP contribution in [0.15, 0.2) is 35.2 Å². The average Bonchev–Trinajstić information content (AvgIpc) is 2.37. The minimum atomic E-state index is -4.29. The zero-order valence-electron chi connectivity index (χ0n) is 11.7. The van der Waals surface area contributed by atoms with Crippen molar-refractivity contribution in [3.8, 4) is 0 Å². The molecular formula is C14H18N2O3S. The van der Waals surface area contributed by atoms with E-state index < -0.39 is 10.1 Å². The van der Waals surface area contributed by atoms with E-state index in [4.69, 9.17) is 0 Å². The maximum atomic E-state index is 11.7. The molecule has 2 rings (SSSR count). The van der Waals surface area contributed by atoms with Gasteiger partial charge in [-0.1, -0.05) is 24.3 Å². The Hall–Kier alpha value is -1.79. The molecule has 20 heavy (non-hydrogen) atoms. The highest BCUT2D eigenvalue weighted by atomic mass is 32.2. The van der Waals surface area contributed by atoms with Crippen LogP contribution in [-0.2, 0) is 10.1 Å². The molecule has 0 atom stereocenters. The van der Waals surface area contributed by atoms with Crippen molar-refractivity contribution < 1.29 is 13.0 Å². The fourth-order valence-electron chi connectivity index (χ4n) is 2.31. The van der Waals surface area contributed by atoms with Crippen molar-refractivity contribution in [1.29, 1.82) is 0 Å². The first kappa shape index (κ1) is 14.6. The van der Waals surface area contributed by atoms with Gasteiger partial charge in [0.1, 0.15) is 4.90 Å². The number of nitrogens with one attached hydrogen (secondary N) is 1. The van der Waals surface area contributed by atoms with Gasteiger partial charge in [-0.25, -0.2) is 0 Å². The lowest BCUT2D eigenvalue weighted by atomic mass is 10.1. The van der Waals surface area contributed by atoms with Gasteiger partial charge in [0.05, 0.1) is 11.4 Å². The van der Waals surface area contributed by atoms with Crippen LogP contribution in [0.5, 0.6) is 0 Å². The van der Waals surface area contributed by atoms with Crippen LogP contribution in [-0.4, -0.2) is 33.6 Å². The van der Waals surface area contributed by atoms with Gasteiger partial charge in [-0.05, 0) is 18.4 Å². The summed E-state index contributed by atoms with van der Waals surface area (Å²) in [6.07, 6.45) is 0. The van der Waals surface area contributed by atoms with Gasteiger partial charge in [0, 0.05) is 26.0 Å². The summed E-state index contributed by atoms with van der Waals surface area (Å²) < 4.78 is 32.8. The molecule has 108 valence electrons. The van der Waals surface area contributed by atoms with Crippen molar-refractivity contribution in [3.63, 3.8) is 0 Å². The van der Waals surface area contributed by atoms with Gasteiger partial charge >= 0.3 is 0 Å². The highest BCUT2D eigenvalue weighted by molar-refractivity contribution is 7.86. The largest absolute Gasteiger partial charge is 0.383 e. The van der Waals surface area contributed by atoms with Crippen LogP contribution in [0, 0.1) is 0 Å². The van der Waals surface area contributed by atoms with E-state index in [0.717, 1.165) is 10.8 Å². The molecule has 0 radical (unpaired) electrons. The van der Waals surface area contributed by atoms with E-state index >= 15 is 0 Å². The third-order valence-corrected chi connectivity index (χ3v) is 3.93. The number of anilines is 2. The molecule has 2 aromatic rings. The summed E-state index contributed by atoms with van der Waals surface area (Å²) in [7, 11) is -0.793. The molecule has 0 aromatic heterocycles. The lowest BCUT2D eigenvalue weighted by molar-refractivity contribution is 0.483. The second-order valence-corrected chi connectivity index (χ2v) is 6.11. The number of nitrogens with zero attached hydrogens (tertiary/aromatic N) is 1. The molecule has 0 aliphatic rings. The SMILES string of the molecule is CCNc1c(N(C)C)c(S(=O)(=O)O)cc2ccccc12. The molecule has 0 aliphatic heterocycles. The van der Waals surface area contributed by atoms with Crippen LogP contribution < -0.4 is 10.2 Å². The van der Waals surface area contributed by atoms with Crippen molar-refractivity contribution in [2.45, 2.75) is 11.8 Å². The number of benzene rings is 2. The molecule has 0 saturated heterocycles. The molecule has 0 unspecified atom stereocenters. The molecule has 0 heterocycles. The molecule has 0 spiro atoms. The molecule has 6 heteroatoms. The van der Waals surface area contributed by atoms with Gasteiger partial charge in [0.25, 0.3) is 10.1 Å². The Balaban J connectivity index is 2.96. The first-order valence-electron chi connectivity index (χ1n) is 6.30. The molecule has 2 N–H and O–H groups in total. The second-order valence-electron chi connectivity index (χ2n) is 4.72. The standard InChI is InChI=1S/C14H18N2O3S/c1-4-15-13-11-8-6-5-7-10(11)9-12(20(17,18)19)14(13)16(2)3/h5-9,15H,4H2,1-3H3,(H,17,18,19). The summed E-state index contributed by atoms with van der Waals surface area (Å²) in [6, 6.07) is 8.98. The van der Waals surface area contributed by atoms with Crippen LogP contribution in [0.3, 0.4) is 0 Å². The van der Waals surface area contributed by atoms with Gasteiger partial charge in [-0.15, -0.1) is 0 Å². The molecular weight excluding hydrogens is 276 g/mol. The number of hydrogen-bond acceptors (Lipinski definition) is 4. The van der Waals surface area contributed by atoms with Crippen LogP contribution in [0.25, 0.3) is 10.8 Å². The monoisotopic (exact) mass is 294 g/mol. The minimum Gasteiger partial charge on any atom is -0.383 e. The van der Waals surface area contributed by atoms with Crippen molar-refractivity contribution in [1.82, 2.24) is 0 Å². The smallest absolute Gasteiger partial charge is 0.296 e. The summed E-state index contributed by atoms with van der Waals surface area (Å²) >= 11 is 0. The van der Waals surface area contributed by atoms with Crippen LogP contribution in [0.2, 0.25) is 0 Å². The summed E-state index contributed by atoms with van der Waals surface area (Å²) in [6.45, 7) is 2.59. The van der Waals surface area contributed by atoms with E-state index in [9.17, 15) is 13.0 Å². The molecule has 0 fully saturated rings. The van der Waals surface area contributed by atoms with Gasteiger partial charge in [-0.3, -0.25) is 4.55 Å². The Morgan fingerprint density at radius 2 is 1.90 bits per heavy atom. The average molecular weight is 294 g/mol. The first-order chi connectivity index (χ1) is 9.36. The molecule has 0 amide bonds. The van der Waals surface area contributed by atoms with Crippen LogP contribution in [0.4, 0.5) is 11.4 Å². The van der Waals surface area contributed by atoms with E-state index in [1.807, 2.05) is 31.2 Å². The van der Waals surface area contributed by atoms with Crippen LogP contribution in [0.1, 0.15) is 6.92 Å². The van der Waals surface area contributed by atoms with Gasteiger partial charge in [-0.2, -0.15) is 8.42 Å². The highest BCUT2D eigenvalue weighted by Gasteiger charge is 2.22. The topological polar surface area (TPSA) is 69.6 Å². The third kappa shape index (κ3) is 2.57. The predicted molar refractivity (Wildman–Crippen MR) is 82.3 cm³/mol. The Morgan fingerprint density at radius 1 is 1.25 bits per heavy atom. The number of hydrogen-bond donors (Lipinski definition) is 2. The lowest BCUT2D eigenvalue weighted by Crippen LogP contribution is -2.17. The maximum absolute atomic E-state index is 11.7. The van der Waals surface area contributed by atoms with Crippen molar-refractivity contribution in [3.05, 3.63) is 30.3 Å². The summed E-state index contributed by atoms with van der Waals surface area (Å²) in [4.78, 5) is 1.60. The minimum absolute atomic E-state index is 0.0860. The quantitative estimate of drug-likeness (QED) is 0.848. The Bertz CT molecular complexity index is 739. The van der Waals surface area contributed by atoms with Crippen molar-refractivity contribution >= 4 is 32.3 Å². The molecule has 0 saturated carbocycles. The molecule has 0 aliphatic carbocycles. The van der Waals surface area contributed by atoms with E-state index in [1.54, 1.807) is 19.0 Å².